The van der Waals surface area contributed by atoms with E-state index in [-0.39, 0.29) is 22.6 Å². The van der Waals surface area contributed by atoms with Gasteiger partial charge in [-0.05, 0) is 72.3 Å². The van der Waals surface area contributed by atoms with Crippen LogP contribution in [0, 0.1) is 0 Å². The zero-order valence-electron chi connectivity index (χ0n) is 18.6. The monoisotopic (exact) mass is 476 g/mol. The smallest absolute Gasteiger partial charge is 0.343 e. The van der Waals surface area contributed by atoms with E-state index in [2.05, 4.69) is 9.98 Å². The fourth-order valence-corrected chi connectivity index (χ4v) is 3.28. The SMILES string of the molecule is O=C=Nc1ccc(C(=O)Oc2ccc(OC(=O)c3ccc(N=C=O)cc3)c(-c3ccccc3)c2)cc1. The zero-order valence-corrected chi connectivity index (χ0v) is 18.6. The predicted octanol–water partition coefficient (Wildman–Crippen LogP) is 5.73. The molecule has 0 atom stereocenters. The van der Waals surface area contributed by atoms with E-state index in [0.717, 1.165) is 5.56 Å². The van der Waals surface area contributed by atoms with Crippen molar-refractivity contribution in [2.24, 2.45) is 9.98 Å². The molecule has 0 saturated heterocycles. The van der Waals surface area contributed by atoms with Gasteiger partial charge < -0.3 is 9.47 Å². The highest BCUT2D eigenvalue weighted by Gasteiger charge is 2.16. The first-order valence-corrected chi connectivity index (χ1v) is 10.6. The lowest BCUT2D eigenvalue weighted by atomic mass is 10.0. The van der Waals surface area contributed by atoms with Crippen LogP contribution >= 0.6 is 0 Å². The molecule has 4 aromatic rings. The van der Waals surface area contributed by atoms with Gasteiger partial charge in [0.1, 0.15) is 11.5 Å². The molecule has 0 radical (unpaired) electrons. The second-order valence-corrected chi connectivity index (χ2v) is 7.30. The molecule has 0 aliphatic rings. The number of esters is 2. The molecule has 8 nitrogen and oxygen atoms in total. The van der Waals surface area contributed by atoms with Gasteiger partial charge in [-0.2, -0.15) is 9.98 Å². The van der Waals surface area contributed by atoms with E-state index in [4.69, 9.17) is 9.47 Å². The first-order valence-electron chi connectivity index (χ1n) is 10.6. The largest absolute Gasteiger partial charge is 0.423 e. The van der Waals surface area contributed by atoms with E-state index in [1.165, 1.54) is 72.8 Å². The highest BCUT2D eigenvalue weighted by atomic mass is 16.5. The number of carbonyl (C=O) groups is 2. The number of aliphatic imine (C=N–C) groups is 2. The number of ether oxygens (including phenoxy) is 2. The lowest BCUT2D eigenvalue weighted by Gasteiger charge is -2.13. The van der Waals surface area contributed by atoms with Crippen LogP contribution in [0.3, 0.4) is 0 Å². The molecule has 0 amide bonds. The Bertz CT molecular complexity index is 1500. The zero-order chi connectivity index (χ0) is 25.3. The maximum Gasteiger partial charge on any atom is 0.343 e. The van der Waals surface area contributed by atoms with E-state index in [1.807, 2.05) is 30.3 Å². The number of hydrogen-bond donors (Lipinski definition) is 0. The van der Waals surface area contributed by atoms with Crippen LogP contribution in [0.1, 0.15) is 20.7 Å². The molecule has 36 heavy (non-hydrogen) atoms. The van der Waals surface area contributed by atoms with Crippen LogP contribution in [0.2, 0.25) is 0 Å². The second-order valence-electron chi connectivity index (χ2n) is 7.30. The predicted molar refractivity (Wildman–Crippen MR) is 130 cm³/mol. The van der Waals surface area contributed by atoms with Gasteiger partial charge in [0, 0.05) is 5.56 Å². The Balaban J connectivity index is 1.60. The van der Waals surface area contributed by atoms with Crippen LogP contribution in [0.25, 0.3) is 11.1 Å². The summed E-state index contributed by atoms with van der Waals surface area (Å²) >= 11 is 0. The Morgan fingerprint density at radius 2 is 1.14 bits per heavy atom. The van der Waals surface area contributed by atoms with Crippen molar-refractivity contribution < 1.29 is 28.7 Å². The summed E-state index contributed by atoms with van der Waals surface area (Å²) in [4.78, 5) is 53.1. The van der Waals surface area contributed by atoms with Gasteiger partial charge >= 0.3 is 11.9 Å². The highest BCUT2D eigenvalue weighted by Crippen LogP contribution is 2.34. The van der Waals surface area contributed by atoms with Gasteiger partial charge in [0.25, 0.3) is 0 Å². The van der Waals surface area contributed by atoms with E-state index in [0.29, 0.717) is 16.9 Å². The Labute approximate surface area is 205 Å². The summed E-state index contributed by atoms with van der Waals surface area (Å²) in [6.45, 7) is 0. The lowest BCUT2D eigenvalue weighted by molar-refractivity contribution is 0.0720. The fraction of sp³-hybridized carbons (Fsp3) is 0. The van der Waals surface area contributed by atoms with Gasteiger partial charge in [0.2, 0.25) is 12.2 Å². The van der Waals surface area contributed by atoms with Gasteiger partial charge in [-0.1, -0.05) is 30.3 Å². The highest BCUT2D eigenvalue weighted by molar-refractivity contribution is 5.93. The van der Waals surface area contributed by atoms with Gasteiger partial charge in [0.05, 0.1) is 22.5 Å². The number of rotatable bonds is 7. The molecule has 0 spiro atoms. The summed E-state index contributed by atoms with van der Waals surface area (Å²) in [6.07, 6.45) is 2.88. The molecule has 0 fully saturated rings. The number of carbonyl (C=O) groups excluding carboxylic acids is 4. The van der Waals surface area contributed by atoms with Crippen molar-refractivity contribution in [3.8, 4) is 22.6 Å². The van der Waals surface area contributed by atoms with E-state index < -0.39 is 11.9 Å². The standard InChI is InChI=1S/C28H16N2O6/c31-17-29-22-10-6-20(7-11-22)27(33)35-24-14-15-26(25(16-24)19-4-2-1-3-5-19)36-28(34)21-8-12-23(13-9-21)30-18-32/h1-16H. The summed E-state index contributed by atoms with van der Waals surface area (Å²) in [5, 5.41) is 0. The van der Waals surface area contributed by atoms with Crippen LogP contribution in [0.5, 0.6) is 11.5 Å². The summed E-state index contributed by atoms with van der Waals surface area (Å²) < 4.78 is 11.2. The third-order valence-corrected chi connectivity index (χ3v) is 5.00. The third kappa shape index (κ3) is 5.73. The molecule has 0 aliphatic heterocycles. The van der Waals surface area contributed by atoms with Gasteiger partial charge in [-0.25, -0.2) is 19.2 Å². The molecule has 0 saturated carbocycles. The van der Waals surface area contributed by atoms with E-state index in [9.17, 15) is 19.2 Å². The summed E-state index contributed by atoms with van der Waals surface area (Å²) in [5.74, 6) is -0.725. The second kappa shape index (κ2) is 11.1. The Kier molecular flexibility index (Phi) is 7.34. The minimum absolute atomic E-state index is 0.240. The molecular weight excluding hydrogens is 460 g/mol. The van der Waals surface area contributed by atoms with Crippen molar-refractivity contribution in [3.63, 3.8) is 0 Å². The topological polar surface area (TPSA) is 111 Å². The van der Waals surface area contributed by atoms with Crippen LogP contribution in [-0.4, -0.2) is 24.1 Å². The minimum Gasteiger partial charge on any atom is -0.423 e. The lowest BCUT2D eigenvalue weighted by Crippen LogP contribution is -2.10. The number of hydrogen-bond acceptors (Lipinski definition) is 8. The molecule has 4 rings (SSSR count). The molecule has 0 N–H and O–H groups in total. The average Bonchev–Trinajstić information content (AvgIpc) is 2.91. The normalized spacial score (nSPS) is 9.89. The van der Waals surface area contributed by atoms with Crippen molar-refractivity contribution in [3.05, 3.63) is 108 Å². The molecule has 0 heterocycles. The molecule has 0 unspecified atom stereocenters. The maximum absolute atomic E-state index is 12.7. The number of isocyanates is 2. The van der Waals surface area contributed by atoms with E-state index >= 15 is 0 Å². The van der Waals surface area contributed by atoms with Crippen LogP contribution in [0.4, 0.5) is 11.4 Å². The molecule has 0 aromatic heterocycles. The van der Waals surface area contributed by atoms with Gasteiger partial charge in [-0.15, -0.1) is 0 Å². The van der Waals surface area contributed by atoms with Crippen LogP contribution in [0.15, 0.2) is 107 Å². The summed E-state index contributed by atoms with van der Waals surface area (Å²) in [6, 6.07) is 25.8. The van der Waals surface area contributed by atoms with E-state index in [1.54, 1.807) is 6.07 Å². The number of benzene rings is 4. The van der Waals surface area contributed by atoms with Crippen LogP contribution < -0.4 is 9.47 Å². The molecular formula is C28H16N2O6. The van der Waals surface area contributed by atoms with Crippen molar-refractivity contribution >= 4 is 35.5 Å². The molecule has 0 aliphatic carbocycles. The quantitative estimate of drug-likeness (QED) is 0.146. The third-order valence-electron chi connectivity index (χ3n) is 5.00. The van der Waals surface area contributed by atoms with Crippen LogP contribution in [-0.2, 0) is 9.59 Å². The van der Waals surface area contributed by atoms with Crippen molar-refractivity contribution in [2.75, 3.05) is 0 Å². The first-order chi connectivity index (χ1) is 17.6. The maximum atomic E-state index is 12.7. The Hall–Kier alpha value is -5.42. The Morgan fingerprint density at radius 3 is 1.67 bits per heavy atom. The Morgan fingerprint density at radius 1 is 0.611 bits per heavy atom. The number of nitrogens with zero attached hydrogens (tertiary/aromatic N) is 2. The molecule has 174 valence electrons. The average molecular weight is 476 g/mol. The first kappa shape index (κ1) is 23.7. The van der Waals surface area contributed by atoms with Gasteiger partial charge in [-0.3, -0.25) is 0 Å². The summed E-state index contributed by atoms with van der Waals surface area (Å²) in [7, 11) is 0. The van der Waals surface area contributed by atoms with Gasteiger partial charge in [0.15, 0.2) is 0 Å². The molecule has 8 heteroatoms. The van der Waals surface area contributed by atoms with Crippen molar-refractivity contribution in [1.29, 1.82) is 0 Å². The molecule has 0 bridgehead atoms. The molecule has 4 aromatic carbocycles. The minimum atomic E-state index is -0.614. The van der Waals surface area contributed by atoms with Crippen molar-refractivity contribution in [1.82, 2.24) is 0 Å². The fourth-order valence-electron chi connectivity index (χ4n) is 3.28. The van der Waals surface area contributed by atoms with Crippen molar-refractivity contribution in [2.45, 2.75) is 0 Å². The summed E-state index contributed by atoms with van der Waals surface area (Å²) in [5.41, 5.74) is 2.53.